The zero-order valence-corrected chi connectivity index (χ0v) is 10.2. The van der Waals surface area contributed by atoms with E-state index in [1.54, 1.807) is 22.9 Å². The molecule has 0 aliphatic heterocycles. The number of fused-ring (bicyclic) bond motifs is 1. The predicted molar refractivity (Wildman–Crippen MR) is 63.9 cm³/mol. The van der Waals surface area contributed by atoms with E-state index in [-0.39, 0.29) is 30.6 Å². The third-order valence-corrected chi connectivity index (χ3v) is 3.57. The molecule has 2 aromatic heterocycles. The topological polar surface area (TPSA) is 38.1 Å². The van der Waals surface area contributed by atoms with Crippen molar-refractivity contribution in [2.24, 2.45) is 0 Å². The van der Waals surface area contributed by atoms with Gasteiger partial charge in [0.2, 0.25) is 0 Å². The molecule has 0 spiro atoms. The summed E-state index contributed by atoms with van der Waals surface area (Å²) in [6.07, 6.45) is 1.39. The maximum Gasteiger partial charge on any atom is 0.252 e. The fourth-order valence-electron chi connectivity index (χ4n) is 2.41. The number of hydrogen-bond donors (Lipinski definition) is 1. The Morgan fingerprint density at radius 1 is 1.50 bits per heavy atom. The minimum atomic E-state index is -2.57. The summed E-state index contributed by atoms with van der Waals surface area (Å²) in [5, 5.41) is 10.3. The van der Waals surface area contributed by atoms with E-state index in [1.165, 1.54) is 0 Å². The Bertz CT molecular complexity index is 603. The highest BCUT2D eigenvalue weighted by Crippen LogP contribution is 2.46. The molecule has 0 atom stereocenters. The lowest BCUT2D eigenvalue weighted by atomic mass is 9.88. The molecular weight excluding hydrogens is 262 g/mol. The normalized spacial score (nSPS) is 19.1. The van der Waals surface area contributed by atoms with Gasteiger partial charge in [0.15, 0.2) is 0 Å². The van der Waals surface area contributed by atoms with Crippen LogP contribution in [0.25, 0.3) is 11.0 Å². The van der Waals surface area contributed by atoms with Gasteiger partial charge in [-0.15, -0.1) is 0 Å². The number of halogens is 3. The lowest BCUT2D eigenvalue weighted by Gasteiger charge is -2.36. The van der Waals surface area contributed by atoms with Crippen LogP contribution in [0.1, 0.15) is 24.4 Å². The summed E-state index contributed by atoms with van der Waals surface area (Å²) in [5.74, 6) is -2.57. The number of nitrogens with zero attached hydrogens (tertiary/aromatic N) is 2. The standard InChI is InChI=1S/C12H11ClF2N2O/c13-10-3-7(6-18)9-1-2-17(11(9)16-10)8-4-12(14,15)5-8/h1-3,8,18H,4-6H2. The molecule has 1 saturated carbocycles. The van der Waals surface area contributed by atoms with Crippen molar-refractivity contribution in [1.82, 2.24) is 9.55 Å². The van der Waals surface area contributed by atoms with Crippen molar-refractivity contribution < 1.29 is 13.9 Å². The summed E-state index contributed by atoms with van der Waals surface area (Å²) in [6.45, 7) is -0.149. The smallest absolute Gasteiger partial charge is 0.252 e. The quantitative estimate of drug-likeness (QED) is 0.853. The zero-order valence-electron chi connectivity index (χ0n) is 9.41. The minimum Gasteiger partial charge on any atom is -0.392 e. The molecule has 0 bridgehead atoms. The first kappa shape index (κ1) is 11.9. The predicted octanol–water partition coefficient (Wildman–Crippen LogP) is 3.15. The summed E-state index contributed by atoms with van der Waals surface area (Å²) in [5.41, 5.74) is 1.22. The Balaban J connectivity index is 2.07. The Morgan fingerprint density at radius 3 is 2.83 bits per heavy atom. The van der Waals surface area contributed by atoms with Crippen LogP contribution in [0.15, 0.2) is 18.3 Å². The molecule has 2 aromatic rings. The number of alkyl halides is 2. The van der Waals surface area contributed by atoms with E-state index in [4.69, 9.17) is 11.6 Å². The number of pyridine rings is 1. The molecule has 0 aromatic carbocycles. The van der Waals surface area contributed by atoms with Crippen molar-refractivity contribution in [2.75, 3.05) is 0 Å². The summed E-state index contributed by atoms with van der Waals surface area (Å²) in [7, 11) is 0. The second-order valence-corrected chi connectivity index (χ2v) is 5.03. The van der Waals surface area contributed by atoms with Gasteiger partial charge in [-0.2, -0.15) is 0 Å². The van der Waals surface area contributed by atoms with E-state index in [2.05, 4.69) is 4.98 Å². The van der Waals surface area contributed by atoms with Crippen LogP contribution in [0.3, 0.4) is 0 Å². The van der Waals surface area contributed by atoms with Crippen LogP contribution < -0.4 is 0 Å². The van der Waals surface area contributed by atoms with Crippen molar-refractivity contribution >= 4 is 22.6 Å². The van der Waals surface area contributed by atoms with Gasteiger partial charge in [-0.1, -0.05) is 11.6 Å². The number of aliphatic hydroxyl groups is 1. The van der Waals surface area contributed by atoms with E-state index >= 15 is 0 Å². The van der Waals surface area contributed by atoms with Gasteiger partial charge in [-0.3, -0.25) is 0 Å². The van der Waals surface area contributed by atoms with Gasteiger partial charge < -0.3 is 9.67 Å². The molecule has 3 nitrogen and oxygen atoms in total. The van der Waals surface area contributed by atoms with E-state index < -0.39 is 5.92 Å². The second-order valence-electron chi connectivity index (χ2n) is 4.64. The van der Waals surface area contributed by atoms with Crippen molar-refractivity contribution in [3.8, 4) is 0 Å². The van der Waals surface area contributed by atoms with Crippen molar-refractivity contribution in [1.29, 1.82) is 0 Å². The Labute approximate surface area is 107 Å². The highest BCUT2D eigenvalue weighted by Gasteiger charge is 2.46. The highest BCUT2D eigenvalue weighted by atomic mass is 35.5. The van der Waals surface area contributed by atoms with Gasteiger partial charge in [0.1, 0.15) is 10.8 Å². The molecular formula is C12H11ClF2N2O. The van der Waals surface area contributed by atoms with Gasteiger partial charge in [0.05, 0.1) is 6.61 Å². The fourth-order valence-corrected chi connectivity index (χ4v) is 2.63. The SMILES string of the molecule is OCc1cc(Cl)nc2c1ccn2C1CC(F)(F)C1. The molecule has 0 unspecified atom stereocenters. The van der Waals surface area contributed by atoms with Crippen molar-refractivity contribution in [2.45, 2.75) is 31.4 Å². The fraction of sp³-hybridized carbons (Fsp3) is 0.417. The Kier molecular flexibility index (Phi) is 2.57. The van der Waals surface area contributed by atoms with Gasteiger partial charge >= 0.3 is 0 Å². The number of aromatic nitrogens is 2. The minimum absolute atomic E-state index is 0.149. The third kappa shape index (κ3) is 1.78. The molecule has 0 radical (unpaired) electrons. The van der Waals surface area contributed by atoms with Gasteiger partial charge in [0.25, 0.3) is 5.92 Å². The lowest BCUT2D eigenvalue weighted by molar-refractivity contribution is -0.103. The lowest BCUT2D eigenvalue weighted by Crippen LogP contribution is -2.36. The Hall–Kier alpha value is -1.20. The molecule has 1 aliphatic rings. The van der Waals surface area contributed by atoms with Gasteiger partial charge in [0, 0.05) is 30.5 Å². The van der Waals surface area contributed by atoms with Crippen LogP contribution in [0, 0.1) is 0 Å². The largest absolute Gasteiger partial charge is 0.392 e. The van der Waals surface area contributed by atoms with Crippen LogP contribution in [0.4, 0.5) is 8.78 Å². The van der Waals surface area contributed by atoms with Crippen LogP contribution in [-0.4, -0.2) is 20.6 Å². The van der Waals surface area contributed by atoms with E-state index in [1.807, 2.05) is 0 Å². The second kappa shape index (κ2) is 3.90. The molecule has 3 rings (SSSR count). The van der Waals surface area contributed by atoms with E-state index in [0.29, 0.717) is 11.2 Å². The molecule has 2 heterocycles. The first-order valence-corrected chi connectivity index (χ1v) is 6.02. The molecule has 0 amide bonds. The molecule has 96 valence electrons. The number of aliphatic hydroxyl groups excluding tert-OH is 1. The first-order chi connectivity index (χ1) is 8.50. The maximum absolute atomic E-state index is 12.9. The number of hydrogen-bond acceptors (Lipinski definition) is 2. The molecule has 1 aliphatic carbocycles. The van der Waals surface area contributed by atoms with Crippen molar-refractivity contribution in [3.05, 3.63) is 29.0 Å². The van der Waals surface area contributed by atoms with Gasteiger partial charge in [-0.25, -0.2) is 13.8 Å². The molecule has 6 heteroatoms. The third-order valence-electron chi connectivity index (χ3n) is 3.37. The van der Waals surface area contributed by atoms with E-state index in [0.717, 1.165) is 5.39 Å². The zero-order chi connectivity index (χ0) is 12.9. The van der Waals surface area contributed by atoms with Crippen LogP contribution in [0.5, 0.6) is 0 Å². The summed E-state index contributed by atoms with van der Waals surface area (Å²) >= 11 is 5.87. The summed E-state index contributed by atoms with van der Waals surface area (Å²) in [6, 6.07) is 3.12. The van der Waals surface area contributed by atoms with Crippen molar-refractivity contribution in [3.63, 3.8) is 0 Å². The first-order valence-electron chi connectivity index (χ1n) is 5.65. The van der Waals surface area contributed by atoms with Crippen LogP contribution >= 0.6 is 11.6 Å². The van der Waals surface area contributed by atoms with Crippen LogP contribution in [-0.2, 0) is 6.61 Å². The molecule has 1 fully saturated rings. The summed E-state index contributed by atoms with van der Waals surface area (Å²) in [4.78, 5) is 4.17. The average Bonchev–Trinajstić information content (AvgIpc) is 2.67. The van der Waals surface area contributed by atoms with Crippen LogP contribution in [0.2, 0.25) is 5.15 Å². The highest BCUT2D eigenvalue weighted by molar-refractivity contribution is 6.29. The molecule has 1 N–H and O–H groups in total. The monoisotopic (exact) mass is 272 g/mol. The Morgan fingerprint density at radius 2 is 2.22 bits per heavy atom. The van der Waals surface area contributed by atoms with E-state index in [9.17, 15) is 13.9 Å². The maximum atomic E-state index is 12.9. The summed E-state index contributed by atoms with van der Waals surface area (Å²) < 4.78 is 27.5. The molecule has 18 heavy (non-hydrogen) atoms. The van der Waals surface area contributed by atoms with Gasteiger partial charge in [-0.05, 0) is 17.7 Å². The average molecular weight is 273 g/mol. The molecule has 0 saturated heterocycles. The number of rotatable bonds is 2.